The first-order valence-electron chi connectivity index (χ1n) is 7.11. The van der Waals surface area contributed by atoms with Crippen LogP contribution >= 0.6 is 11.6 Å². The minimum atomic E-state index is -0.338. The fraction of sp³-hybridized carbons (Fsp3) is 0.176. The summed E-state index contributed by atoms with van der Waals surface area (Å²) in [6.45, 7) is 2.43. The molecular weight excluding hydrogens is 314 g/mol. The fourth-order valence-corrected chi connectivity index (χ4v) is 2.36. The number of halogens is 1. The summed E-state index contributed by atoms with van der Waals surface area (Å²) in [6.07, 6.45) is 0. The van der Waals surface area contributed by atoms with Crippen LogP contribution in [0.2, 0.25) is 5.02 Å². The number of aryl methyl sites for hydroxylation is 1. The smallest absolute Gasteiger partial charge is 0.319 e. The Hall–Kier alpha value is -2.53. The van der Waals surface area contributed by atoms with Crippen molar-refractivity contribution in [3.05, 3.63) is 64.2 Å². The zero-order valence-corrected chi connectivity index (χ0v) is 13.7. The van der Waals surface area contributed by atoms with E-state index in [1.54, 1.807) is 18.2 Å². The van der Waals surface area contributed by atoms with Crippen molar-refractivity contribution in [2.24, 2.45) is 0 Å². The molecule has 0 saturated carbocycles. The van der Waals surface area contributed by atoms with Gasteiger partial charge in [-0.25, -0.2) is 4.79 Å². The number of hydrogen-bond donors (Lipinski definition) is 3. The molecule has 3 N–H and O–H groups in total. The molecule has 2 aromatic rings. The zero-order valence-electron chi connectivity index (χ0n) is 12.9. The van der Waals surface area contributed by atoms with Gasteiger partial charge in [0.1, 0.15) is 0 Å². The first-order chi connectivity index (χ1) is 11.0. The van der Waals surface area contributed by atoms with Gasteiger partial charge in [-0.15, -0.1) is 0 Å². The standard InChI is InChI=1S/C17H18ClN3O2/c1-11-4-3-5-12(8-11)10-20-17(23)21-13-6-7-14(15(18)9-13)16(22)19-2/h3-9H,10H2,1-2H3,(H,19,22)(H2,20,21,23). The highest BCUT2D eigenvalue weighted by molar-refractivity contribution is 6.34. The third-order valence-electron chi connectivity index (χ3n) is 3.23. The third-order valence-corrected chi connectivity index (χ3v) is 3.55. The first-order valence-corrected chi connectivity index (χ1v) is 7.49. The molecule has 23 heavy (non-hydrogen) atoms. The normalized spacial score (nSPS) is 10.0. The maximum atomic E-state index is 11.9. The van der Waals surface area contributed by atoms with E-state index in [2.05, 4.69) is 16.0 Å². The van der Waals surface area contributed by atoms with Gasteiger partial charge in [-0.3, -0.25) is 4.79 Å². The zero-order chi connectivity index (χ0) is 16.8. The number of amides is 3. The van der Waals surface area contributed by atoms with Crippen LogP contribution in [0.4, 0.5) is 10.5 Å². The summed E-state index contributed by atoms with van der Waals surface area (Å²) in [6, 6.07) is 12.3. The minimum absolute atomic E-state index is 0.273. The fourth-order valence-electron chi connectivity index (χ4n) is 2.09. The summed E-state index contributed by atoms with van der Waals surface area (Å²) in [7, 11) is 1.53. The number of nitrogens with one attached hydrogen (secondary N) is 3. The Balaban J connectivity index is 1.95. The highest BCUT2D eigenvalue weighted by Gasteiger charge is 2.10. The maximum absolute atomic E-state index is 11.9. The molecule has 0 bridgehead atoms. The average Bonchev–Trinajstić information content (AvgIpc) is 2.52. The van der Waals surface area contributed by atoms with Crippen LogP contribution in [0.1, 0.15) is 21.5 Å². The van der Waals surface area contributed by atoms with Gasteiger partial charge < -0.3 is 16.0 Å². The van der Waals surface area contributed by atoms with Gasteiger partial charge in [-0.05, 0) is 30.7 Å². The molecule has 2 aromatic carbocycles. The lowest BCUT2D eigenvalue weighted by molar-refractivity contribution is 0.0963. The average molecular weight is 332 g/mol. The number of rotatable bonds is 4. The molecule has 2 rings (SSSR count). The topological polar surface area (TPSA) is 70.2 Å². The third kappa shape index (κ3) is 4.72. The van der Waals surface area contributed by atoms with Crippen LogP contribution in [0.15, 0.2) is 42.5 Å². The van der Waals surface area contributed by atoms with Gasteiger partial charge in [0.05, 0.1) is 10.6 Å². The summed E-state index contributed by atoms with van der Waals surface area (Å²) in [5.74, 6) is -0.273. The lowest BCUT2D eigenvalue weighted by Crippen LogP contribution is -2.28. The molecule has 5 nitrogen and oxygen atoms in total. The lowest BCUT2D eigenvalue weighted by atomic mass is 10.1. The number of anilines is 1. The van der Waals surface area contributed by atoms with Crippen molar-refractivity contribution in [1.82, 2.24) is 10.6 Å². The molecule has 0 aliphatic rings. The summed E-state index contributed by atoms with van der Waals surface area (Å²) in [5, 5.41) is 8.24. The second-order valence-electron chi connectivity index (χ2n) is 5.07. The SMILES string of the molecule is CNC(=O)c1ccc(NC(=O)NCc2cccc(C)c2)cc1Cl. The largest absolute Gasteiger partial charge is 0.355 e. The number of carbonyl (C=O) groups excluding carboxylic acids is 2. The van der Waals surface area contributed by atoms with Crippen LogP contribution in [-0.4, -0.2) is 19.0 Å². The van der Waals surface area contributed by atoms with Gasteiger partial charge in [-0.2, -0.15) is 0 Å². The van der Waals surface area contributed by atoms with Gasteiger partial charge in [0.2, 0.25) is 0 Å². The predicted octanol–water partition coefficient (Wildman–Crippen LogP) is 3.33. The van der Waals surface area contributed by atoms with E-state index in [9.17, 15) is 9.59 Å². The first kappa shape index (κ1) is 16.8. The summed E-state index contributed by atoms with van der Waals surface area (Å²) >= 11 is 6.04. The Labute approximate surface area is 140 Å². The molecule has 0 saturated heterocycles. The van der Waals surface area contributed by atoms with E-state index in [-0.39, 0.29) is 17.0 Å². The van der Waals surface area contributed by atoms with Gasteiger partial charge in [0.15, 0.2) is 0 Å². The summed E-state index contributed by atoms with van der Waals surface area (Å²) < 4.78 is 0. The van der Waals surface area contributed by atoms with Gasteiger partial charge in [0, 0.05) is 19.3 Å². The molecule has 0 spiro atoms. The molecule has 0 heterocycles. The number of carbonyl (C=O) groups is 2. The van der Waals surface area contributed by atoms with E-state index in [0.717, 1.165) is 11.1 Å². The van der Waals surface area contributed by atoms with E-state index < -0.39 is 0 Å². The van der Waals surface area contributed by atoms with Crippen molar-refractivity contribution in [3.63, 3.8) is 0 Å². The van der Waals surface area contributed by atoms with Crippen molar-refractivity contribution in [2.75, 3.05) is 12.4 Å². The Bertz CT molecular complexity index is 732. The van der Waals surface area contributed by atoms with Crippen LogP contribution in [-0.2, 0) is 6.54 Å². The summed E-state index contributed by atoms with van der Waals surface area (Å²) in [4.78, 5) is 23.5. The molecule has 0 atom stereocenters. The predicted molar refractivity (Wildman–Crippen MR) is 91.9 cm³/mol. The molecule has 6 heteroatoms. The van der Waals surface area contributed by atoms with Crippen LogP contribution in [0.5, 0.6) is 0 Å². The van der Waals surface area contributed by atoms with E-state index in [1.165, 1.54) is 7.05 Å². The van der Waals surface area contributed by atoms with E-state index in [0.29, 0.717) is 17.8 Å². The van der Waals surface area contributed by atoms with Gasteiger partial charge >= 0.3 is 6.03 Å². The second kappa shape index (κ2) is 7.65. The molecule has 0 aromatic heterocycles. The number of hydrogen-bond acceptors (Lipinski definition) is 2. The summed E-state index contributed by atoms with van der Waals surface area (Å²) in [5.41, 5.74) is 3.04. The number of urea groups is 1. The Morgan fingerprint density at radius 1 is 1.13 bits per heavy atom. The van der Waals surface area contributed by atoms with Crippen molar-refractivity contribution in [1.29, 1.82) is 0 Å². The quantitative estimate of drug-likeness (QED) is 0.804. The van der Waals surface area contributed by atoms with Crippen molar-refractivity contribution in [2.45, 2.75) is 13.5 Å². The lowest BCUT2D eigenvalue weighted by Gasteiger charge is -2.10. The molecule has 0 aliphatic carbocycles. The molecule has 120 valence electrons. The van der Waals surface area contributed by atoms with E-state index in [4.69, 9.17) is 11.6 Å². The van der Waals surface area contributed by atoms with Crippen molar-refractivity contribution < 1.29 is 9.59 Å². The van der Waals surface area contributed by atoms with Crippen LogP contribution in [0.25, 0.3) is 0 Å². The monoisotopic (exact) mass is 331 g/mol. The van der Waals surface area contributed by atoms with Crippen molar-refractivity contribution >= 4 is 29.2 Å². The molecule has 0 aliphatic heterocycles. The number of benzene rings is 2. The van der Waals surface area contributed by atoms with Gasteiger partial charge in [0.25, 0.3) is 5.91 Å². The second-order valence-corrected chi connectivity index (χ2v) is 5.48. The molecular formula is C17H18ClN3O2. The van der Waals surface area contributed by atoms with E-state index >= 15 is 0 Å². The Kier molecular flexibility index (Phi) is 5.60. The van der Waals surface area contributed by atoms with Crippen LogP contribution in [0.3, 0.4) is 0 Å². The highest BCUT2D eigenvalue weighted by Crippen LogP contribution is 2.20. The molecule has 0 unspecified atom stereocenters. The van der Waals surface area contributed by atoms with Crippen molar-refractivity contribution in [3.8, 4) is 0 Å². The van der Waals surface area contributed by atoms with E-state index in [1.807, 2.05) is 31.2 Å². The van der Waals surface area contributed by atoms with Gasteiger partial charge in [-0.1, -0.05) is 41.4 Å². The molecule has 0 fully saturated rings. The molecule has 3 amide bonds. The maximum Gasteiger partial charge on any atom is 0.319 e. The Morgan fingerprint density at radius 2 is 1.91 bits per heavy atom. The van der Waals surface area contributed by atoms with Crippen LogP contribution in [0, 0.1) is 6.92 Å². The van der Waals surface area contributed by atoms with Crippen LogP contribution < -0.4 is 16.0 Å². The highest BCUT2D eigenvalue weighted by atomic mass is 35.5. The Morgan fingerprint density at radius 3 is 2.57 bits per heavy atom. The minimum Gasteiger partial charge on any atom is -0.355 e. The molecule has 0 radical (unpaired) electrons.